The second-order valence-electron chi connectivity index (χ2n) is 6.16. The normalized spacial score (nSPS) is 10.7. The topological polar surface area (TPSA) is 68.5 Å². The van der Waals surface area contributed by atoms with Crippen molar-refractivity contribution in [3.05, 3.63) is 77.0 Å². The van der Waals surface area contributed by atoms with E-state index in [1.807, 2.05) is 12.1 Å². The molecule has 0 unspecified atom stereocenters. The minimum Gasteiger partial charge on any atom is -0.459 e. The highest BCUT2D eigenvalue weighted by Gasteiger charge is 2.14. The molecular formula is C21H18ClNO4. The van der Waals surface area contributed by atoms with Gasteiger partial charge in [-0.2, -0.15) is 0 Å². The zero-order valence-corrected chi connectivity index (χ0v) is 15.6. The standard InChI is InChI=1S/C21H18ClNO4/c1-13(2)26-21(25)14-6-8-17(9-7-14)23-20(24)19-11-10-18(27-19)15-4-3-5-16(22)12-15/h3-13H,1-2H3,(H,23,24). The zero-order valence-electron chi connectivity index (χ0n) is 14.9. The van der Waals surface area contributed by atoms with E-state index in [0.717, 1.165) is 5.56 Å². The van der Waals surface area contributed by atoms with Gasteiger partial charge in [-0.25, -0.2) is 4.79 Å². The number of nitrogens with one attached hydrogen (secondary N) is 1. The van der Waals surface area contributed by atoms with E-state index in [-0.39, 0.29) is 17.8 Å². The highest BCUT2D eigenvalue weighted by Crippen LogP contribution is 2.25. The summed E-state index contributed by atoms with van der Waals surface area (Å²) in [6.45, 7) is 3.57. The lowest BCUT2D eigenvalue weighted by atomic mass is 10.2. The van der Waals surface area contributed by atoms with Gasteiger partial charge in [0.25, 0.3) is 5.91 Å². The van der Waals surface area contributed by atoms with Gasteiger partial charge in [0.15, 0.2) is 5.76 Å². The molecule has 1 N–H and O–H groups in total. The van der Waals surface area contributed by atoms with Crippen LogP contribution in [-0.4, -0.2) is 18.0 Å². The lowest BCUT2D eigenvalue weighted by Crippen LogP contribution is -2.13. The summed E-state index contributed by atoms with van der Waals surface area (Å²) in [4.78, 5) is 24.2. The van der Waals surface area contributed by atoms with Crippen LogP contribution in [0.15, 0.2) is 65.1 Å². The van der Waals surface area contributed by atoms with Gasteiger partial charge in [-0.05, 0) is 62.4 Å². The summed E-state index contributed by atoms with van der Waals surface area (Å²) in [5, 5.41) is 3.32. The number of furan rings is 1. The molecule has 0 aliphatic rings. The molecule has 1 heterocycles. The predicted octanol–water partition coefficient (Wildman–Crippen LogP) is 5.42. The summed E-state index contributed by atoms with van der Waals surface area (Å²) in [6.07, 6.45) is -0.190. The van der Waals surface area contributed by atoms with Crippen molar-refractivity contribution in [2.24, 2.45) is 0 Å². The Balaban J connectivity index is 1.68. The number of ether oxygens (including phenoxy) is 1. The maximum atomic E-state index is 12.4. The summed E-state index contributed by atoms with van der Waals surface area (Å²) < 4.78 is 10.7. The molecule has 6 heteroatoms. The van der Waals surface area contributed by atoms with Crippen LogP contribution in [0, 0.1) is 0 Å². The van der Waals surface area contributed by atoms with Crippen LogP contribution in [0.5, 0.6) is 0 Å². The molecule has 0 fully saturated rings. The Bertz CT molecular complexity index is 960. The molecule has 0 aliphatic carbocycles. The number of rotatable bonds is 5. The van der Waals surface area contributed by atoms with E-state index in [9.17, 15) is 9.59 Å². The monoisotopic (exact) mass is 383 g/mol. The Labute approximate surface area is 161 Å². The lowest BCUT2D eigenvalue weighted by Gasteiger charge is -2.08. The Morgan fingerprint density at radius 3 is 2.44 bits per heavy atom. The number of carbonyl (C=O) groups excluding carboxylic acids is 2. The summed E-state index contributed by atoms with van der Waals surface area (Å²) in [7, 11) is 0. The molecule has 0 bridgehead atoms. The third-order valence-electron chi connectivity index (χ3n) is 3.66. The first kappa shape index (κ1) is 18.7. The van der Waals surface area contributed by atoms with Gasteiger partial charge < -0.3 is 14.5 Å². The highest BCUT2D eigenvalue weighted by molar-refractivity contribution is 6.30. The Kier molecular flexibility index (Phi) is 5.62. The molecular weight excluding hydrogens is 366 g/mol. The fourth-order valence-corrected chi connectivity index (χ4v) is 2.61. The number of hydrogen-bond acceptors (Lipinski definition) is 4. The SMILES string of the molecule is CC(C)OC(=O)c1ccc(NC(=O)c2ccc(-c3cccc(Cl)c3)o2)cc1. The van der Waals surface area contributed by atoms with Gasteiger partial charge in [0.05, 0.1) is 11.7 Å². The molecule has 0 atom stereocenters. The molecule has 0 aliphatic heterocycles. The van der Waals surface area contributed by atoms with Crippen molar-refractivity contribution < 1.29 is 18.7 Å². The van der Waals surface area contributed by atoms with Crippen molar-refractivity contribution >= 4 is 29.2 Å². The second-order valence-corrected chi connectivity index (χ2v) is 6.60. The van der Waals surface area contributed by atoms with E-state index in [1.165, 1.54) is 0 Å². The number of carbonyl (C=O) groups is 2. The van der Waals surface area contributed by atoms with Crippen LogP contribution in [0.3, 0.4) is 0 Å². The van der Waals surface area contributed by atoms with Crippen molar-refractivity contribution in [2.45, 2.75) is 20.0 Å². The molecule has 0 radical (unpaired) electrons. The van der Waals surface area contributed by atoms with Gasteiger partial charge in [0.1, 0.15) is 5.76 Å². The largest absolute Gasteiger partial charge is 0.459 e. The zero-order chi connectivity index (χ0) is 19.4. The van der Waals surface area contributed by atoms with E-state index < -0.39 is 5.97 Å². The fraction of sp³-hybridized carbons (Fsp3) is 0.143. The van der Waals surface area contributed by atoms with Gasteiger partial charge in [-0.3, -0.25) is 4.79 Å². The average Bonchev–Trinajstić information content (AvgIpc) is 3.12. The molecule has 5 nitrogen and oxygen atoms in total. The van der Waals surface area contributed by atoms with Crippen LogP contribution in [0.1, 0.15) is 34.8 Å². The number of amides is 1. The van der Waals surface area contributed by atoms with E-state index in [2.05, 4.69) is 5.32 Å². The number of anilines is 1. The van der Waals surface area contributed by atoms with E-state index >= 15 is 0 Å². The quantitative estimate of drug-likeness (QED) is 0.597. The third kappa shape index (κ3) is 4.77. The molecule has 138 valence electrons. The van der Waals surface area contributed by atoms with Gasteiger partial charge in [-0.15, -0.1) is 0 Å². The minimum absolute atomic E-state index is 0.174. The van der Waals surface area contributed by atoms with Gasteiger partial charge in [0, 0.05) is 16.3 Å². The Morgan fingerprint density at radius 1 is 1.04 bits per heavy atom. The van der Waals surface area contributed by atoms with E-state index in [4.69, 9.17) is 20.8 Å². The van der Waals surface area contributed by atoms with Crippen LogP contribution in [0.25, 0.3) is 11.3 Å². The molecule has 3 aromatic rings. The molecule has 0 saturated heterocycles. The number of esters is 1. The van der Waals surface area contributed by atoms with E-state index in [0.29, 0.717) is 22.0 Å². The van der Waals surface area contributed by atoms with Gasteiger partial charge >= 0.3 is 5.97 Å². The van der Waals surface area contributed by atoms with Crippen molar-refractivity contribution in [2.75, 3.05) is 5.32 Å². The number of halogens is 1. The highest BCUT2D eigenvalue weighted by atomic mass is 35.5. The Morgan fingerprint density at radius 2 is 1.78 bits per heavy atom. The first-order valence-corrected chi connectivity index (χ1v) is 8.78. The molecule has 3 rings (SSSR count). The molecule has 0 saturated carbocycles. The summed E-state index contributed by atoms with van der Waals surface area (Å²) in [6, 6.07) is 17.0. The van der Waals surface area contributed by atoms with Crippen LogP contribution < -0.4 is 5.32 Å². The molecule has 1 amide bonds. The van der Waals surface area contributed by atoms with Crippen LogP contribution in [-0.2, 0) is 4.74 Å². The molecule has 1 aromatic heterocycles. The van der Waals surface area contributed by atoms with Gasteiger partial charge in [-0.1, -0.05) is 23.7 Å². The van der Waals surface area contributed by atoms with Crippen molar-refractivity contribution in [3.8, 4) is 11.3 Å². The first-order chi connectivity index (χ1) is 12.9. The minimum atomic E-state index is -0.403. The average molecular weight is 384 g/mol. The second kappa shape index (κ2) is 8.10. The molecule has 27 heavy (non-hydrogen) atoms. The predicted molar refractivity (Wildman–Crippen MR) is 104 cm³/mol. The van der Waals surface area contributed by atoms with Crippen LogP contribution in [0.4, 0.5) is 5.69 Å². The summed E-state index contributed by atoms with van der Waals surface area (Å²) in [5.74, 6) is -0.0661. The Hall–Kier alpha value is -3.05. The maximum Gasteiger partial charge on any atom is 0.338 e. The molecule has 0 spiro atoms. The fourth-order valence-electron chi connectivity index (χ4n) is 2.42. The van der Waals surface area contributed by atoms with Crippen molar-refractivity contribution in [3.63, 3.8) is 0 Å². The first-order valence-electron chi connectivity index (χ1n) is 8.40. The van der Waals surface area contributed by atoms with Gasteiger partial charge in [0.2, 0.25) is 0 Å². The lowest BCUT2D eigenvalue weighted by molar-refractivity contribution is 0.0378. The number of hydrogen-bond donors (Lipinski definition) is 1. The summed E-state index contributed by atoms with van der Waals surface area (Å²) >= 11 is 5.98. The van der Waals surface area contributed by atoms with Crippen LogP contribution in [0.2, 0.25) is 5.02 Å². The van der Waals surface area contributed by atoms with Crippen molar-refractivity contribution in [1.82, 2.24) is 0 Å². The molecule has 2 aromatic carbocycles. The third-order valence-corrected chi connectivity index (χ3v) is 3.90. The van der Waals surface area contributed by atoms with Crippen molar-refractivity contribution in [1.29, 1.82) is 0 Å². The maximum absolute atomic E-state index is 12.4. The van der Waals surface area contributed by atoms with Crippen LogP contribution >= 0.6 is 11.6 Å². The van der Waals surface area contributed by atoms with E-state index in [1.54, 1.807) is 62.4 Å². The smallest absolute Gasteiger partial charge is 0.338 e. The summed E-state index contributed by atoms with van der Waals surface area (Å²) in [5.41, 5.74) is 1.75. The number of benzene rings is 2.